The Labute approximate surface area is 174 Å². The maximum atomic E-state index is 12.4. The molecule has 0 aliphatic carbocycles. The molecule has 2 aromatic rings. The van der Waals surface area contributed by atoms with Gasteiger partial charge in [-0.3, -0.25) is 4.79 Å². The molecule has 0 saturated heterocycles. The molecule has 1 aliphatic heterocycles. The third-order valence-corrected chi connectivity index (χ3v) is 6.05. The average Bonchev–Trinajstić information content (AvgIpc) is 3.14. The summed E-state index contributed by atoms with van der Waals surface area (Å²) in [6, 6.07) is 7.50. The zero-order valence-electron chi connectivity index (χ0n) is 14.2. The molecule has 1 atom stereocenters. The fraction of sp³-hybridized carbons (Fsp3) is 0.235. The first-order valence-electron chi connectivity index (χ1n) is 7.93. The summed E-state index contributed by atoms with van der Waals surface area (Å²) < 4.78 is 43.1. The number of aliphatic hydroxyl groups is 1. The highest BCUT2D eigenvalue weighted by Gasteiger charge is 2.27. The highest BCUT2D eigenvalue weighted by atomic mass is 79.9. The number of hydrogen-bond acceptors (Lipinski definition) is 7. The molecule has 0 radical (unpaired) electrons. The second-order valence-corrected chi connectivity index (χ2v) is 8.77. The maximum absolute atomic E-state index is 12.4. The summed E-state index contributed by atoms with van der Waals surface area (Å²) in [5.74, 6) is -0.0996. The molecule has 0 bridgehead atoms. The van der Waals surface area contributed by atoms with Crippen molar-refractivity contribution >= 4 is 43.5 Å². The van der Waals surface area contributed by atoms with Crippen molar-refractivity contribution in [1.29, 1.82) is 0 Å². The van der Waals surface area contributed by atoms with Crippen molar-refractivity contribution in [3.8, 4) is 11.5 Å². The van der Waals surface area contributed by atoms with Gasteiger partial charge in [0, 0.05) is 4.47 Å². The lowest BCUT2D eigenvalue weighted by molar-refractivity contribution is -0.148. The Morgan fingerprint density at radius 1 is 1.29 bits per heavy atom. The van der Waals surface area contributed by atoms with Crippen LogP contribution in [0.25, 0.3) is 0 Å². The van der Waals surface area contributed by atoms with Gasteiger partial charge in [-0.25, -0.2) is 8.42 Å². The number of halogens is 2. The van der Waals surface area contributed by atoms with E-state index in [1.54, 1.807) is 24.3 Å². The zero-order chi connectivity index (χ0) is 20.3. The second-order valence-electron chi connectivity index (χ2n) is 5.73. The Hall–Kier alpha value is -1.85. The summed E-state index contributed by atoms with van der Waals surface area (Å²) in [7, 11) is -4.02. The van der Waals surface area contributed by atoms with Crippen molar-refractivity contribution in [2.24, 2.45) is 0 Å². The molecule has 1 unspecified atom stereocenters. The van der Waals surface area contributed by atoms with Crippen molar-refractivity contribution in [1.82, 2.24) is 4.72 Å². The fourth-order valence-electron chi connectivity index (χ4n) is 2.39. The molecule has 0 saturated carbocycles. The van der Waals surface area contributed by atoms with E-state index in [0.717, 1.165) is 0 Å². The van der Waals surface area contributed by atoms with Gasteiger partial charge in [-0.1, -0.05) is 27.5 Å². The quantitative estimate of drug-likeness (QED) is 0.570. The van der Waals surface area contributed by atoms with E-state index in [1.807, 2.05) is 0 Å². The molecular formula is C17H15BrClNO7S. The number of fused-ring (bicyclic) bond motifs is 1. The van der Waals surface area contributed by atoms with Gasteiger partial charge in [0.25, 0.3) is 0 Å². The lowest BCUT2D eigenvalue weighted by atomic mass is 10.2. The first-order chi connectivity index (χ1) is 13.3. The summed E-state index contributed by atoms with van der Waals surface area (Å²) in [6.45, 7) is -0.912. The van der Waals surface area contributed by atoms with Crippen LogP contribution >= 0.6 is 27.5 Å². The van der Waals surface area contributed by atoms with Gasteiger partial charge in [-0.05, 0) is 42.0 Å². The van der Waals surface area contributed by atoms with Crippen LogP contribution in [0.4, 0.5) is 0 Å². The lowest BCUT2D eigenvalue weighted by Gasteiger charge is -2.16. The van der Waals surface area contributed by atoms with E-state index in [9.17, 15) is 18.3 Å². The third kappa shape index (κ3) is 4.76. The number of carbonyl (C=O) groups excluding carboxylic acids is 1. The van der Waals surface area contributed by atoms with Gasteiger partial charge in [0.1, 0.15) is 12.6 Å². The zero-order valence-corrected chi connectivity index (χ0v) is 17.4. The number of rotatable bonds is 7. The van der Waals surface area contributed by atoms with E-state index >= 15 is 0 Å². The van der Waals surface area contributed by atoms with E-state index in [4.69, 9.17) is 25.8 Å². The van der Waals surface area contributed by atoms with Crippen LogP contribution in [0.3, 0.4) is 0 Å². The summed E-state index contributed by atoms with van der Waals surface area (Å²) in [5, 5.41) is 9.73. The Morgan fingerprint density at radius 3 is 2.68 bits per heavy atom. The van der Waals surface area contributed by atoms with Gasteiger partial charge in [-0.2, -0.15) is 4.72 Å². The van der Waals surface area contributed by atoms with Crippen LogP contribution in [-0.2, 0) is 26.2 Å². The molecule has 0 spiro atoms. The Bertz CT molecular complexity index is 982. The maximum Gasteiger partial charge on any atom is 0.326 e. The highest BCUT2D eigenvalue weighted by molar-refractivity contribution is 9.10. The van der Waals surface area contributed by atoms with Crippen LogP contribution in [0.5, 0.6) is 11.5 Å². The molecule has 28 heavy (non-hydrogen) atoms. The highest BCUT2D eigenvalue weighted by Crippen LogP contribution is 2.39. The number of carbonyl (C=O) groups is 1. The van der Waals surface area contributed by atoms with Crippen LogP contribution in [0.2, 0.25) is 5.02 Å². The van der Waals surface area contributed by atoms with Crippen LogP contribution in [0, 0.1) is 0 Å². The van der Waals surface area contributed by atoms with Crippen LogP contribution in [0.15, 0.2) is 45.8 Å². The van der Waals surface area contributed by atoms with Gasteiger partial charge in [0.2, 0.25) is 16.8 Å². The van der Waals surface area contributed by atoms with Gasteiger partial charge in [0.05, 0.1) is 16.5 Å². The summed E-state index contributed by atoms with van der Waals surface area (Å²) in [6.07, 6.45) is 0. The molecule has 1 aliphatic rings. The summed E-state index contributed by atoms with van der Waals surface area (Å²) >= 11 is 9.28. The first-order valence-corrected chi connectivity index (χ1v) is 10.6. The smallest absolute Gasteiger partial charge is 0.326 e. The van der Waals surface area contributed by atoms with E-state index < -0.39 is 28.6 Å². The molecule has 3 rings (SSSR count). The van der Waals surface area contributed by atoms with Gasteiger partial charge >= 0.3 is 5.97 Å². The molecule has 0 aromatic heterocycles. The molecule has 2 aromatic carbocycles. The van der Waals surface area contributed by atoms with E-state index in [-0.39, 0.29) is 18.3 Å². The summed E-state index contributed by atoms with van der Waals surface area (Å²) in [5.41, 5.74) is 0.523. The first kappa shape index (κ1) is 20.9. The Kier molecular flexibility index (Phi) is 6.46. The van der Waals surface area contributed by atoms with Gasteiger partial charge in [-0.15, -0.1) is 0 Å². The minimum absolute atomic E-state index is 0.0444. The van der Waals surface area contributed by atoms with Crippen molar-refractivity contribution in [2.45, 2.75) is 17.5 Å². The number of aliphatic hydroxyl groups excluding tert-OH is 1. The van der Waals surface area contributed by atoms with Crippen molar-refractivity contribution < 1.29 is 32.5 Å². The minimum Gasteiger partial charge on any atom is -0.460 e. The lowest BCUT2D eigenvalue weighted by Crippen LogP contribution is -2.44. The normalized spacial score (nSPS) is 14.0. The predicted molar refractivity (Wildman–Crippen MR) is 103 cm³/mol. The van der Waals surface area contributed by atoms with Gasteiger partial charge < -0.3 is 19.3 Å². The summed E-state index contributed by atoms with van der Waals surface area (Å²) in [4.78, 5) is 12.2. The minimum atomic E-state index is -4.02. The topological polar surface area (TPSA) is 111 Å². The van der Waals surface area contributed by atoms with Crippen molar-refractivity contribution in [3.05, 3.63) is 51.5 Å². The van der Waals surface area contributed by atoms with Crippen molar-refractivity contribution in [2.75, 3.05) is 13.4 Å². The predicted octanol–water partition coefficient (Wildman–Crippen LogP) is 2.21. The molecule has 11 heteroatoms. The Balaban J connectivity index is 1.65. The van der Waals surface area contributed by atoms with E-state index in [2.05, 4.69) is 20.7 Å². The molecule has 1 heterocycles. The number of ether oxygens (including phenoxy) is 3. The largest absolute Gasteiger partial charge is 0.460 e. The van der Waals surface area contributed by atoms with E-state index in [0.29, 0.717) is 26.6 Å². The molecule has 150 valence electrons. The molecule has 0 amide bonds. The fourth-order valence-corrected chi connectivity index (χ4v) is 4.12. The van der Waals surface area contributed by atoms with E-state index in [1.165, 1.54) is 12.1 Å². The molecule has 8 nitrogen and oxygen atoms in total. The van der Waals surface area contributed by atoms with Crippen LogP contribution in [0.1, 0.15) is 5.56 Å². The molecular weight excluding hydrogens is 478 g/mol. The number of esters is 1. The number of benzene rings is 2. The van der Waals surface area contributed by atoms with Gasteiger partial charge in [0.15, 0.2) is 11.5 Å². The van der Waals surface area contributed by atoms with Crippen molar-refractivity contribution in [3.63, 3.8) is 0 Å². The Morgan fingerprint density at radius 2 is 2.00 bits per heavy atom. The second kappa shape index (κ2) is 8.66. The number of nitrogens with one attached hydrogen (secondary N) is 1. The van der Waals surface area contributed by atoms with Crippen LogP contribution < -0.4 is 14.2 Å². The number of sulfonamides is 1. The molecule has 2 N–H and O–H groups in total. The number of hydrogen-bond donors (Lipinski definition) is 2. The average molecular weight is 493 g/mol. The van der Waals surface area contributed by atoms with Crippen LogP contribution in [-0.4, -0.2) is 38.9 Å². The standard InChI is InChI=1S/C17H15BrClNO7S/c18-11-1-3-12(4-2-11)28(23,24)20-14(7-21)17(22)25-8-10-5-13(19)16-15(6-10)26-9-27-16/h1-6,14,20-21H,7-9H2. The SMILES string of the molecule is O=C(OCc1cc(Cl)c2c(c1)OCO2)C(CO)NS(=O)(=O)c1ccc(Br)cc1. The molecule has 0 fully saturated rings. The third-order valence-electron chi connectivity index (χ3n) is 3.76. The monoisotopic (exact) mass is 491 g/mol.